The molecule has 5 heteroatoms. The van der Waals surface area contributed by atoms with E-state index in [9.17, 15) is 14.7 Å². The Morgan fingerprint density at radius 3 is 1.96 bits per heavy atom. The fraction of sp³-hybridized carbons (Fsp3) is 0.300. The van der Waals surface area contributed by atoms with Crippen molar-refractivity contribution in [2.75, 3.05) is 0 Å². The Morgan fingerprint density at radius 2 is 1.40 bits per heavy atom. The maximum absolute atomic E-state index is 12.6. The van der Waals surface area contributed by atoms with E-state index in [1.54, 1.807) is 36.4 Å². The van der Waals surface area contributed by atoms with E-state index in [0.717, 1.165) is 0 Å². The number of carbonyl (C=O) groups excluding carboxylic acids is 2. The van der Waals surface area contributed by atoms with E-state index in [1.165, 1.54) is 4.90 Å². The molecule has 2 aliphatic rings. The second kappa shape index (κ2) is 6.01. The highest BCUT2D eigenvalue weighted by Crippen LogP contribution is 2.36. The topological polar surface area (TPSA) is 66.8 Å². The summed E-state index contributed by atoms with van der Waals surface area (Å²) in [4.78, 5) is 26.5. The fourth-order valence-corrected chi connectivity index (χ4v) is 3.66. The van der Waals surface area contributed by atoms with Gasteiger partial charge in [-0.3, -0.25) is 14.5 Å². The van der Waals surface area contributed by atoms with Gasteiger partial charge in [0.15, 0.2) is 0 Å². The van der Waals surface area contributed by atoms with Crippen molar-refractivity contribution < 1.29 is 19.4 Å². The van der Waals surface area contributed by atoms with Crippen molar-refractivity contribution in [1.82, 2.24) is 4.90 Å². The van der Waals surface area contributed by atoms with Gasteiger partial charge >= 0.3 is 0 Å². The Balaban J connectivity index is 1.46. The molecular formula is C20H19NO4. The summed E-state index contributed by atoms with van der Waals surface area (Å²) < 4.78 is 5.74. The SMILES string of the molecule is O=C1c2ccccc2C(=O)N1C1CCC(O)(Oc2ccccc2)CC1. The van der Waals surface area contributed by atoms with Crippen LogP contribution in [0.15, 0.2) is 54.6 Å². The molecule has 128 valence electrons. The summed E-state index contributed by atoms with van der Waals surface area (Å²) >= 11 is 0. The largest absolute Gasteiger partial charge is 0.463 e. The maximum atomic E-state index is 12.6. The normalized spacial score (nSPS) is 25.8. The van der Waals surface area contributed by atoms with Crippen molar-refractivity contribution in [3.63, 3.8) is 0 Å². The Labute approximate surface area is 145 Å². The first-order chi connectivity index (χ1) is 12.1. The molecule has 0 radical (unpaired) electrons. The number of rotatable bonds is 3. The molecule has 0 unspecified atom stereocenters. The van der Waals surface area contributed by atoms with Gasteiger partial charge in [-0.05, 0) is 37.1 Å². The van der Waals surface area contributed by atoms with Gasteiger partial charge in [-0.25, -0.2) is 0 Å². The van der Waals surface area contributed by atoms with Crippen LogP contribution in [0.25, 0.3) is 0 Å². The molecule has 2 aromatic carbocycles. The van der Waals surface area contributed by atoms with Crippen LogP contribution in [0.2, 0.25) is 0 Å². The van der Waals surface area contributed by atoms with Gasteiger partial charge in [0, 0.05) is 18.9 Å². The number of imide groups is 1. The Morgan fingerprint density at radius 1 is 0.880 bits per heavy atom. The van der Waals surface area contributed by atoms with Gasteiger partial charge in [0.2, 0.25) is 5.79 Å². The molecule has 1 fully saturated rings. The molecule has 0 spiro atoms. The van der Waals surface area contributed by atoms with E-state index in [4.69, 9.17) is 4.74 Å². The van der Waals surface area contributed by atoms with Crippen LogP contribution in [-0.2, 0) is 0 Å². The van der Waals surface area contributed by atoms with E-state index in [-0.39, 0.29) is 17.9 Å². The van der Waals surface area contributed by atoms with Crippen LogP contribution in [0.1, 0.15) is 46.4 Å². The summed E-state index contributed by atoms with van der Waals surface area (Å²) in [6.45, 7) is 0. The average Bonchev–Trinajstić information content (AvgIpc) is 2.88. The Kier molecular flexibility index (Phi) is 3.81. The van der Waals surface area contributed by atoms with Gasteiger partial charge in [-0.2, -0.15) is 0 Å². The Hall–Kier alpha value is -2.66. The number of fused-ring (bicyclic) bond motifs is 1. The standard InChI is InChI=1S/C20H19NO4/c22-18-16-8-4-5-9-17(16)19(23)21(18)14-10-12-20(24,13-11-14)25-15-6-2-1-3-7-15/h1-9,14,24H,10-13H2. The van der Waals surface area contributed by atoms with Crippen molar-refractivity contribution in [3.8, 4) is 5.75 Å². The molecule has 1 aliphatic carbocycles. The van der Waals surface area contributed by atoms with Crippen molar-refractivity contribution in [2.24, 2.45) is 0 Å². The summed E-state index contributed by atoms with van der Waals surface area (Å²) in [6.07, 6.45) is 1.80. The van der Waals surface area contributed by atoms with Gasteiger partial charge in [0.1, 0.15) is 5.75 Å². The molecule has 25 heavy (non-hydrogen) atoms. The molecule has 4 rings (SSSR count). The highest BCUT2D eigenvalue weighted by Gasteiger charge is 2.44. The van der Waals surface area contributed by atoms with Gasteiger partial charge < -0.3 is 9.84 Å². The first-order valence-electron chi connectivity index (χ1n) is 8.51. The third-order valence-corrected chi connectivity index (χ3v) is 4.98. The number of benzene rings is 2. The zero-order chi connectivity index (χ0) is 17.4. The molecule has 1 aliphatic heterocycles. The third kappa shape index (κ3) is 2.81. The molecule has 0 aromatic heterocycles. The quantitative estimate of drug-likeness (QED) is 0.691. The minimum atomic E-state index is -1.25. The smallest absolute Gasteiger partial charge is 0.261 e. The number of para-hydroxylation sites is 1. The number of amides is 2. The zero-order valence-electron chi connectivity index (χ0n) is 13.7. The molecule has 5 nitrogen and oxygen atoms in total. The summed E-state index contributed by atoms with van der Waals surface area (Å²) in [7, 11) is 0. The van der Waals surface area contributed by atoms with E-state index in [2.05, 4.69) is 0 Å². The van der Waals surface area contributed by atoms with E-state index >= 15 is 0 Å². The molecular weight excluding hydrogens is 318 g/mol. The summed E-state index contributed by atoms with van der Waals surface area (Å²) in [5.41, 5.74) is 0.933. The molecule has 0 atom stereocenters. The monoisotopic (exact) mass is 337 g/mol. The van der Waals surface area contributed by atoms with Crippen molar-refractivity contribution in [1.29, 1.82) is 0 Å². The lowest BCUT2D eigenvalue weighted by Crippen LogP contribution is -2.48. The highest BCUT2D eigenvalue weighted by atomic mass is 16.6. The minimum absolute atomic E-state index is 0.202. The average molecular weight is 337 g/mol. The number of ether oxygens (including phenoxy) is 1. The predicted octanol–water partition coefficient (Wildman–Crippen LogP) is 2.99. The molecule has 0 saturated heterocycles. The summed E-state index contributed by atoms with van der Waals surface area (Å²) in [5, 5.41) is 10.7. The van der Waals surface area contributed by atoms with Crippen molar-refractivity contribution in [3.05, 3.63) is 65.7 Å². The number of nitrogens with zero attached hydrogens (tertiary/aromatic N) is 1. The minimum Gasteiger partial charge on any atom is -0.463 e. The number of aliphatic hydroxyl groups is 1. The van der Waals surface area contributed by atoms with E-state index < -0.39 is 5.79 Å². The Bertz CT molecular complexity index is 774. The number of carbonyl (C=O) groups is 2. The van der Waals surface area contributed by atoms with E-state index in [1.807, 2.05) is 18.2 Å². The van der Waals surface area contributed by atoms with Gasteiger partial charge in [0.05, 0.1) is 11.1 Å². The van der Waals surface area contributed by atoms with Crippen LogP contribution in [-0.4, -0.2) is 33.6 Å². The lowest BCUT2D eigenvalue weighted by atomic mass is 9.89. The molecule has 1 N–H and O–H groups in total. The van der Waals surface area contributed by atoms with Crippen LogP contribution in [0.5, 0.6) is 5.75 Å². The third-order valence-electron chi connectivity index (χ3n) is 4.98. The maximum Gasteiger partial charge on any atom is 0.261 e. The molecule has 1 saturated carbocycles. The van der Waals surface area contributed by atoms with Gasteiger partial charge in [-0.1, -0.05) is 30.3 Å². The zero-order valence-corrected chi connectivity index (χ0v) is 13.7. The number of hydrogen-bond donors (Lipinski definition) is 1. The molecule has 0 bridgehead atoms. The van der Waals surface area contributed by atoms with Gasteiger partial charge in [0.25, 0.3) is 11.8 Å². The number of hydrogen-bond acceptors (Lipinski definition) is 4. The van der Waals surface area contributed by atoms with Crippen LogP contribution >= 0.6 is 0 Å². The van der Waals surface area contributed by atoms with Crippen molar-refractivity contribution in [2.45, 2.75) is 37.5 Å². The molecule has 2 aromatic rings. The van der Waals surface area contributed by atoms with Gasteiger partial charge in [-0.15, -0.1) is 0 Å². The van der Waals surface area contributed by atoms with Crippen LogP contribution in [0.4, 0.5) is 0 Å². The van der Waals surface area contributed by atoms with E-state index in [0.29, 0.717) is 42.6 Å². The van der Waals surface area contributed by atoms with Crippen LogP contribution < -0.4 is 4.74 Å². The first kappa shape index (κ1) is 15.8. The van der Waals surface area contributed by atoms with Crippen LogP contribution in [0, 0.1) is 0 Å². The highest BCUT2D eigenvalue weighted by molar-refractivity contribution is 6.21. The molecule has 2 amide bonds. The fourth-order valence-electron chi connectivity index (χ4n) is 3.66. The predicted molar refractivity (Wildman–Crippen MR) is 91.2 cm³/mol. The summed E-state index contributed by atoms with van der Waals surface area (Å²) in [5.74, 6) is -1.11. The molecule has 1 heterocycles. The van der Waals surface area contributed by atoms with Crippen molar-refractivity contribution >= 4 is 11.8 Å². The second-order valence-corrected chi connectivity index (χ2v) is 6.62. The lowest BCUT2D eigenvalue weighted by Gasteiger charge is -2.38. The summed E-state index contributed by atoms with van der Waals surface area (Å²) in [6, 6.07) is 15.9. The second-order valence-electron chi connectivity index (χ2n) is 6.62. The lowest BCUT2D eigenvalue weighted by molar-refractivity contribution is -0.164. The van der Waals surface area contributed by atoms with Crippen LogP contribution in [0.3, 0.4) is 0 Å². The first-order valence-corrected chi connectivity index (χ1v) is 8.51.